The Bertz CT molecular complexity index is 2820. The fourth-order valence-electron chi connectivity index (χ4n) is 7.55. The molecule has 0 saturated heterocycles. The molecule has 238 valence electrons. The Hall–Kier alpha value is -6.84. The summed E-state index contributed by atoms with van der Waals surface area (Å²) in [4.78, 5) is 9.80. The number of rotatable bonds is 5. The van der Waals surface area contributed by atoms with E-state index < -0.39 is 0 Å². The topological polar surface area (TPSA) is 30.2 Å². The molecule has 0 atom stereocenters. The van der Waals surface area contributed by atoms with Gasteiger partial charge in [-0.1, -0.05) is 121 Å². The van der Waals surface area contributed by atoms with Gasteiger partial charge in [-0.3, -0.25) is 9.38 Å². The van der Waals surface area contributed by atoms with Crippen molar-refractivity contribution in [3.05, 3.63) is 188 Å². The van der Waals surface area contributed by atoms with Gasteiger partial charge in [0.25, 0.3) is 0 Å². The molecule has 7 aromatic carbocycles. The molecule has 3 heterocycles. The van der Waals surface area contributed by atoms with E-state index in [-0.39, 0.29) is 0 Å². The molecular formula is C48H31N3. The van der Waals surface area contributed by atoms with Gasteiger partial charge in [0.2, 0.25) is 0 Å². The van der Waals surface area contributed by atoms with Crippen molar-refractivity contribution in [1.82, 2.24) is 14.4 Å². The van der Waals surface area contributed by atoms with Crippen LogP contribution >= 0.6 is 0 Å². The molecule has 0 unspecified atom stereocenters. The first-order valence-electron chi connectivity index (χ1n) is 17.3. The summed E-state index contributed by atoms with van der Waals surface area (Å²) >= 11 is 0. The van der Waals surface area contributed by atoms with Gasteiger partial charge >= 0.3 is 0 Å². The van der Waals surface area contributed by atoms with E-state index in [4.69, 9.17) is 9.97 Å². The summed E-state index contributed by atoms with van der Waals surface area (Å²) in [6, 6.07) is 63.2. The largest absolute Gasteiger partial charge is 0.299 e. The van der Waals surface area contributed by atoms with E-state index in [9.17, 15) is 0 Å². The van der Waals surface area contributed by atoms with Crippen molar-refractivity contribution in [1.29, 1.82) is 0 Å². The summed E-state index contributed by atoms with van der Waals surface area (Å²) in [6.45, 7) is 0. The molecule has 10 aromatic rings. The summed E-state index contributed by atoms with van der Waals surface area (Å²) in [6.07, 6.45) is 3.93. The zero-order valence-electron chi connectivity index (χ0n) is 27.7. The van der Waals surface area contributed by atoms with E-state index in [1.165, 1.54) is 65.7 Å². The van der Waals surface area contributed by atoms with Crippen LogP contribution in [-0.4, -0.2) is 14.4 Å². The lowest BCUT2D eigenvalue weighted by atomic mass is 9.89. The zero-order chi connectivity index (χ0) is 33.7. The monoisotopic (exact) mass is 649 g/mol. The number of hydrogen-bond donors (Lipinski definition) is 0. The molecule has 0 spiro atoms. The fraction of sp³-hybridized carbons (Fsp3) is 0. The predicted octanol–water partition coefficient (Wildman–Crippen LogP) is 12.5. The van der Waals surface area contributed by atoms with E-state index >= 15 is 0 Å². The normalized spacial score (nSPS) is 11.5. The molecule has 0 bridgehead atoms. The molecule has 0 N–H and O–H groups in total. The SMILES string of the molecule is c1ccc(-c2nc3ccccn3c2-c2ccc(-c3cc(-c4ccc5ccccc5c4)cc(-c4ccc5ccccc5c4)c3)c3ccccc23)nc1. The highest BCUT2D eigenvalue weighted by Gasteiger charge is 2.20. The molecule has 0 aliphatic rings. The smallest absolute Gasteiger partial charge is 0.138 e. The molecule has 0 saturated carbocycles. The Morgan fingerprint density at radius 2 is 0.961 bits per heavy atom. The average Bonchev–Trinajstić information content (AvgIpc) is 3.60. The molecule has 3 aromatic heterocycles. The second-order valence-electron chi connectivity index (χ2n) is 13.1. The molecule has 10 rings (SSSR count). The molecule has 51 heavy (non-hydrogen) atoms. The van der Waals surface area contributed by atoms with E-state index in [1.807, 2.05) is 30.5 Å². The maximum atomic E-state index is 5.08. The lowest BCUT2D eigenvalue weighted by Crippen LogP contribution is -1.93. The van der Waals surface area contributed by atoms with Gasteiger partial charge in [-0.15, -0.1) is 0 Å². The Balaban J connectivity index is 1.21. The Labute approximate surface area is 295 Å². The molecular weight excluding hydrogens is 619 g/mol. The van der Waals surface area contributed by atoms with Gasteiger partial charge in [0, 0.05) is 18.0 Å². The highest BCUT2D eigenvalue weighted by molar-refractivity contribution is 6.07. The average molecular weight is 650 g/mol. The number of aromatic nitrogens is 3. The summed E-state index contributed by atoms with van der Waals surface area (Å²) in [5.41, 5.74) is 11.9. The first-order chi connectivity index (χ1) is 25.3. The van der Waals surface area contributed by atoms with E-state index in [1.54, 1.807) is 0 Å². The standard InChI is InChI=1S/C48H31N3/c1-3-13-34-27-36(21-19-32(34)11-1)38-29-39(37-22-20-33-12-2-4-14-35(33)28-37)31-40(30-38)41-23-24-44(43-16-6-5-15-42(41)43)48-47(45-17-7-9-25-49-45)50-46-18-8-10-26-51(46)48/h1-31H. The van der Waals surface area contributed by atoms with Crippen LogP contribution in [0.25, 0.3) is 94.0 Å². The highest BCUT2D eigenvalue weighted by atomic mass is 15.0. The number of fused-ring (bicyclic) bond motifs is 4. The van der Waals surface area contributed by atoms with E-state index in [0.29, 0.717) is 0 Å². The fourth-order valence-corrected chi connectivity index (χ4v) is 7.55. The lowest BCUT2D eigenvalue weighted by molar-refractivity contribution is 1.19. The van der Waals surface area contributed by atoms with Crippen LogP contribution in [0.5, 0.6) is 0 Å². The van der Waals surface area contributed by atoms with Crippen LogP contribution in [0.2, 0.25) is 0 Å². The maximum absolute atomic E-state index is 5.08. The third-order valence-electron chi connectivity index (χ3n) is 10.0. The minimum absolute atomic E-state index is 0.854. The van der Waals surface area contributed by atoms with Crippen molar-refractivity contribution >= 4 is 38.0 Å². The Kier molecular flexibility index (Phi) is 6.81. The van der Waals surface area contributed by atoms with Crippen molar-refractivity contribution in [3.63, 3.8) is 0 Å². The van der Waals surface area contributed by atoms with Gasteiger partial charge in [-0.05, 0) is 120 Å². The Morgan fingerprint density at radius 1 is 0.392 bits per heavy atom. The van der Waals surface area contributed by atoms with E-state index in [0.717, 1.165) is 28.3 Å². The second kappa shape index (κ2) is 11.9. The molecule has 3 heteroatoms. The van der Waals surface area contributed by atoms with Gasteiger partial charge in [-0.25, -0.2) is 4.98 Å². The molecule has 0 fully saturated rings. The summed E-state index contributed by atoms with van der Waals surface area (Å²) in [5.74, 6) is 0. The summed E-state index contributed by atoms with van der Waals surface area (Å²) in [7, 11) is 0. The molecule has 0 radical (unpaired) electrons. The third kappa shape index (κ3) is 5.06. The summed E-state index contributed by atoms with van der Waals surface area (Å²) in [5, 5.41) is 7.31. The zero-order valence-corrected chi connectivity index (χ0v) is 27.7. The van der Waals surface area contributed by atoms with Crippen molar-refractivity contribution in [3.8, 4) is 56.0 Å². The van der Waals surface area contributed by atoms with Gasteiger partial charge < -0.3 is 0 Å². The van der Waals surface area contributed by atoms with Crippen molar-refractivity contribution < 1.29 is 0 Å². The van der Waals surface area contributed by atoms with Crippen LogP contribution in [-0.2, 0) is 0 Å². The minimum Gasteiger partial charge on any atom is -0.299 e. The third-order valence-corrected chi connectivity index (χ3v) is 10.0. The highest BCUT2D eigenvalue weighted by Crippen LogP contribution is 2.42. The number of hydrogen-bond acceptors (Lipinski definition) is 2. The molecule has 0 aliphatic heterocycles. The van der Waals surface area contributed by atoms with E-state index in [2.05, 4.69) is 162 Å². The quantitative estimate of drug-likeness (QED) is 0.186. The minimum atomic E-state index is 0.854. The first-order valence-corrected chi connectivity index (χ1v) is 17.3. The van der Waals surface area contributed by atoms with Crippen LogP contribution in [0.1, 0.15) is 0 Å². The van der Waals surface area contributed by atoms with Crippen molar-refractivity contribution in [2.75, 3.05) is 0 Å². The van der Waals surface area contributed by atoms with Gasteiger partial charge in [0.15, 0.2) is 0 Å². The number of nitrogens with zero attached hydrogens (tertiary/aromatic N) is 3. The lowest BCUT2D eigenvalue weighted by Gasteiger charge is -2.16. The van der Waals surface area contributed by atoms with Gasteiger partial charge in [0.1, 0.15) is 11.3 Å². The predicted molar refractivity (Wildman–Crippen MR) is 213 cm³/mol. The number of benzene rings is 7. The van der Waals surface area contributed by atoms with Crippen LogP contribution < -0.4 is 0 Å². The van der Waals surface area contributed by atoms with Crippen molar-refractivity contribution in [2.24, 2.45) is 0 Å². The maximum Gasteiger partial charge on any atom is 0.138 e. The van der Waals surface area contributed by atoms with Crippen LogP contribution in [0.4, 0.5) is 0 Å². The summed E-state index contributed by atoms with van der Waals surface area (Å²) < 4.78 is 2.18. The first kappa shape index (κ1) is 29.1. The molecule has 0 aliphatic carbocycles. The number of imidazole rings is 1. The molecule has 0 amide bonds. The van der Waals surface area contributed by atoms with Crippen LogP contribution in [0, 0.1) is 0 Å². The van der Waals surface area contributed by atoms with Gasteiger partial charge in [-0.2, -0.15) is 0 Å². The van der Waals surface area contributed by atoms with Crippen molar-refractivity contribution in [2.45, 2.75) is 0 Å². The van der Waals surface area contributed by atoms with Gasteiger partial charge in [0.05, 0.1) is 11.4 Å². The van der Waals surface area contributed by atoms with Crippen LogP contribution in [0.3, 0.4) is 0 Å². The number of pyridine rings is 2. The second-order valence-corrected chi connectivity index (χ2v) is 13.1. The Morgan fingerprint density at radius 3 is 1.63 bits per heavy atom. The molecule has 3 nitrogen and oxygen atoms in total. The van der Waals surface area contributed by atoms with Crippen LogP contribution in [0.15, 0.2) is 188 Å².